The zero-order valence-corrected chi connectivity index (χ0v) is 7.85. The van der Waals surface area contributed by atoms with Crippen molar-refractivity contribution >= 4 is 17.7 Å². The zero-order chi connectivity index (χ0) is 11.3. The Morgan fingerprint density at radius 2 is 2.27 bits per heavy atom. The Labute approximate surface area is 85.6 Å². The molecule has 74 valence electrons. The molecule has 0 bridgehead atoms. The second-order valence-electron chi connectivity index (χ2n) is 2.54. The summed E-state index contributed by atoms with van der Waals surface area (Å²) in [5.41, 5.74) is 0.507. The average molecular weight is 202 g/mol. The summed E-state index contributed by atoms with van der Waals surface area (Å²) in [4.78, 5) is 24.6. The minimum Gasteiger partial charge on any atom is -0.465 e. The monoisotopic (exact) mass is 202 g/mol. The number of aliphatic imine (C=N–C) groups is 1. The Morgan fingerprint density at radius 3 is 2.80 bits per heavy atom. The molecule has 0 aliphatic carbocycles. The summed E-state index contributed by atoms with van der Waals surface area (Å²) in [6.07, 6.45) is 1.35. The molecule has 0 N–H and O–H groups in total. The molecule has 5 nitrogen and oxygen atoms in total. The van der Waals surface area contributed by atoms with E-state index < -0.39 is 5.97 Å². The smallest absolute Gasteiger partial charge is 0.339 e. The predicted octanol–water partition coefficient (Wildman–Crippen LogP) is 1.31. The van der Waals surface area contributed by atoms with Crippen LogP contribution in [0.5, 0.6) is 0 Å². The maximum absolute atomic E-state index is 11.2. The van der Waals surface area contributed by atoms with Crippen molar-refractivity contribution in [1.82, 2.24) is 0 Å². The van der Waals surface area contributed by atoms with Gasteiger partial charge >= 0.3 is 5.97 Å². The maximum Gasteiger partial charge on any atom is 0.339 e. The largest absolute Gasteiger partial charge is 0.465 e. The van der Waals surface area contributed by atoms with Gasteiger partial charge in [0.05, 0.1) is 23.9 Å². The molecule has 0 aliphatic rings. The molecule has 0 saturated carbocycles. The third-order valence-corrected chi connectivity index (χ3v) is 1.70. The molecule has 0 saturated heterocycles. The first-order valence-corrected chi connectivity index (χ1v) is 3.93. The van der Waals surface area contributed by atoms with E-state index >= 15 is 0 Å². The molecule has 0 aliphatic heterocycles. The van der Waals surface area contributed by atoms with Crippen LogP contribution >= 0.6 is 0 Å². The summed E-state index contributed by atoms with van der Waals surface area (Å²) in [6, 6.07) is 5.97. The van der Waals surface area contributed by atoms with Gasteiger partial charge in [0.25, 0.3) is 0 Å². The molecule has 1 aromatic rings. The number of nitrogens with zero attached hydrogens (tertiary/aromatic N) is 2. The SMILES string of the molecule is COC(=O)c1cc(N=C=O)ccc1C#N. The van der Waals surface area contributed by atoms with Gasteiger partial charge in [-0.15, -0.1) is 0 Å². The van der Waals surface area contributed by atoms with Crippen molar-refractivity contribution in [2.75, 3.05) is 7.11 Å². The summed E-state index contributed by atoms with van der Waals surface area (Å²) in [7, 11) is 1.21. The van der Waals surface area contributed by atoms with Gasteiger partial charge in [0.1, 0.15) is 6.07 Å². The van der Waals surface area contributed by atoms with Crippen LogP contribution in [0.2, 0.25) is 0 Å². The van der Waals surface area contributed by atoms with Crippen LogP contribution in [0.1, 0.15) is 15.9 Å². The van der Waals surface area contributed by atoms with Crippen molar-refractivity contribution in [3.63, 3.8) is 0 Å². The van der Waals surface area contributed by atoms with Crippen LogP contribution < -0.4 is 0 Å². The molecule has 0 spiro atoms. The second kappa shape index (κ2) is 4.70. The fourth-order valence-corrected chi connectivity index (χ4v) is 1.03. The number of ether oxygens (including phenoxy) is 1. The first-order valence-electron chi connectivity index (χ1n) is 3.93. The van der Waals surface area contributed by atoms with Crippen molar-refractivity contribution in [3.8, 4) is 6.07 Å². The van der Waals surface area contributed by atoms with Gasteiger partial charge in [-0.3, -0.25) is 0 Å². The molecule has 5 heteroatoms. The molecule has 0 atom stereocenters. The molecule has 0 fully saturated rings. The lowest BCUT2D eigenvalue weighted by molar-refractivity contribution is 0.0600. The van der Waals surface area contributed by atoms with Gasteiger partial charge < -0.3 is 4.74 Å². The van der Waals surface area contributed by atoms with Crippen LogP contribution in [0.4, 0.5) is 5.69 Å². The molecule has 0 aromatic heterocycles. The summed E-state index contributed by atoms with van der Waals surface area (Å²) < 4.78 is 4.48. The van der Waals surface area contributed by atoms with Crippen molar-refractivity contribution < 1.29 is 14.3 Å². The van der Waals surface area contributed by atoms with Crippen molar-refractivity contribution in [2.24, 2.45) is 4.99 Å². The number of hydrogen-bond donors (Lipinski definition) is 0. The third-order valence-electron chi connectivity index (χ3n) is 1.70. The van der Waals surface area contributed by atoms with Gasteiger partial charge in [-0.25, -0.2) is 9.59 Å². The molecule has 0 amide bonds. The molecular weight excluding hydrogens is 196 g/mol. The van der Waals surface area contributed by atoms with Gasteiger partial charge in [0.15, 0.2) is 0 Å². The van der Waals surface area contributed by atoms with Gasteiger partial charge in [0.2, 0.25) is 6.08 Å². The fraction of sp³-hybridized carbons (Fsp3) is 0.100. The number of rotatable bonds is 2. The highest BCUT2D eigenvalue weighted by Crippen LogP contribution is 2.18. The normalized spacial score (nSPS) is 8.53. The van der Waals surface area contributed by atoms with E-state index in [2.05, 4.69) is 9.73 Å². The van der Waals surface area contributed by atoms with E-state index in [0.717, 1.165) is 0 Å². The Kier molecular flexibility index (Phi) is 3.33. The average Bonchev–Trinajstić information content (AvgIpc) is 2.28. The number of esters is 1. The van der Waals surface area contributed by atoms with Crippen molar-refractivity contribution in [2.45, 2.75) is 0 Å². The maximum atomic E-state index is 11.2. The number of methoxy groups -OCH3 is 1. The number of benzene rings is 1. The summed E-state index contributed by atoms with van der Waals surface area (Å²) >= 11 is 0. The van der Waals surface area contributed by atoms with Crippen LogP contribution in [0, 0.1) is 11.3 Å². The predicted molar refractivity (Wildman–Crippen MR) is 50.3 cm³/mol. The topological polar surface area (TPSA) is 79.5 Å². The lowest BCUT2D eigenvalue weighted by Gasteiger charge is -2.01. The highest BCUT2D eigenvalue weighted by atomic mass is 16.5. The molecule has 15 heavy (non-hydrogen) atoms. The number of nitriles is 1. The van der Waals surface area contributed by atoms with Crippen LogP contribution in [0.15, 0.2) is 23.2 Å². The molecular formula is C10H6N2O3. The minimum atomic E-state index is -0.644. The van der Waals surface area contributed by atoms with Gasteiger partial charge in [0, 0.05) is 0 Å². The molecule has 0 radical (unpaired) electrons. The molecule has 1 aromatic carbocycles. The van der Waals surface area contributed by atoms with E-state index in [4.69, 9.17) is 5.26 Å². The molecule has 1 rings (SSSR count). The van der Waals surface area contributed by atoms with Crippen LogP contribution in [-0.2, 0) is 9.53 Å². The summed E-state index contributed by atoms with van der Waals surface area (Å²) in [5, 5.41) is 8.72. The first-order chi connectivity index (χ1) is 7.22. The van der Waals surface area contributed by atoms with Gasteiger partial charge in [-0.05, 0) is 18.2 Å². The first kappa shape index (κ1) is 10.6. The quantitative estimate of drug-likeness (QED) is 0.411. The number of hydrogen-bond acceptors (Lipinski definition) is 5. The fourth-order valence-electron chi connectivity index (χ4n) is 1.03. The van der Waals surface area contributed by atoms with Crippen LogP contribution in [0.25, 0.3) is 0 Å². The van der Waals surface area contributed by atoms with E-state index in [9.17, 15) is 9.59 Å². The minimum absolute atomic E-state index is 0.0801. The Balaban J connectivity index is 3.32. The second-order valence-corrected chi connectivity index (χ2v) is 2.54. The Morgan fingerprint density at radius 1 is 1.53 bits per heavy atom. The van der Waals surface area contributed by atoms with E-state index in [1.54, 1.807) is 0 Å². The lowest BCUT2D eigenvalue weighted by atomic mass is 10.1. The van der Waals surface area contributed by atoms with E-state index in [0.29, 0.717) is 0 Å². The standard InChI is InChI=1S/C10H6N2O3/c1-15-10(14)9-4-8(12-6-13)3-2-7(9)5-11/h2-4H,1H3. The van der Waals surface area contributed by atoms with Crippen LogP contribution in [-0.4, -0.2) is 19.2 Å². The number of carbonyl (C=O) groups excluding carboxylic acids is 2. The number of carbonyl (C=O) groups is 1. The van der Waals surface area contributed by atoms with E-state index in [-0.39, 0.29) is 16.8 Å². The van der Waals surface area contributed by atoms with Gasteiger partial charge in [-0.2, -0.15) is 10.3 Å². The summed E-state index contributed by atoms with van der Waals surface area (Å²) in [5.74, 6) is -0.644. The summed E-state index contributed by atoms with van der Waals surface area (Å²) in [6.45, 7) is 0. The zero-order valence-electron chi connectivity index (χ0n) is 7.85. The lowest BCUT2D eigenvalue weighted by Crippen LogP contribution is -2.03. The van der Waals surface area contributed by atoms with E-state index in [1.807, 2.05) is 6.07 Å². The third kappa shape index (κ3) is 2.27. The Hall–Kier alpha value is -2.44. The van der Waals surface area contributed by atoms with Crippen LogP contribution in [0.3, 0.4) is 0 Å². The van der Waals surface area contributed by atoms with Crippen molar-refractivity contribution in [1.29, 1.82) is 5.26 Å². The van der Waals surface area contributed by atoms with Crippen molar-refractivity contribution in [3.05, 3.63) is 29.3 Å². The molecule has 0 heterocycles. The Bertz CT molecular complexity index is 482. The number of isocyanates is 1. The van der Waals surface area contributed by atoms with Gasteiger partial charge in [-0.1, -0.05) is 0 Å². The van der Waals surface area contributed by atoms with E-state index in [1.165, 1.54) is 31.4 Å². The molecule has 0 unspecified atom stereocenters. The highest BCUT2D eigenvalue weighted by Gasteiger charge is 2.12. The highest BCUT2D eigenvalue weighted by molar-refractivity contribution is 5.93.